The summed E-state index contributed by atoms with van der Waals surface area (Å²) in [7, 11) is 0. The Balaban J connectivity index is 0.993. The molecule has 7 heteroatoms. The Kier molecular flexibility index (Phi) is 6.55. The van der Waals surface area contributed by atoms with Crippen LogP contribution in [-0.2, 0) is 4.74 Å². The molecule has 2 saturated heterocycles. The molecule has 1 aromatic carbocycles. The molecule has 2 aliphatic heterocycles. The number of carbonyl (C=O) groups is 1. The van der Waals surface area contributed by atoms with Crippen LogP contribution in [0.1, 0.15) is 37.2 Å². The van der Waals surface area contributed by atoms with Gasteiger partial charge in [-0.05, 0) is 56.5 Å². The van der Waals surface area contributed by atoms with Crippen LogP contribution >= 0.6 is 0 Å². The molecular formula is C25H32N4O3. The van der Waals surface area contributed by atoms with Gasteiger partial charge in [0.1, 0.15) is 18.2 Å². The number of piperidine rings is 1. The summed E-state index contributed by atoms with van der Waals surface area (Å²) < 4.78 is 11.0. The molecule has 0 unspecified atom stereocenters. The minimum atomic E-state index is -0.326. The van der Waals surface area contributed by atoms with E-state index >= 15 is 0 Å². The van der Waals surface area contributed by atoms with Crippen LogP contribution < -0.4 is 15.0 Å². The van der Waals surface area contributed by atoms with Gasteiger partial charge < -0.3 is 14.8 Å². The maximum absolute atomic E-state index is 11.8. The zero-order valence-electron chi connectivity index (χ0n) is 18.5. The van der Waals surface area contributed by atoms with Crippen molar-refractivity contribution in [2.75, 3.05) is 44.3 Å². The molecule has 1 aliphatic carbocycles. The third-order valence-corrected chi connectivity index (χ3v) is 6.70. The summed E-state index contributed by atoms with van der Waals surface area (Å²) in [6, 6.07) is 15.8. The minimum Gasteiger partial charge on any atom is -0.491 e. The molecule has 5 rings (SSSR count). The maximum atomic E-state index is 11.8. The molecular weight excluding hydrogens is 404 g/mol. The van der Waals surface area contributed by atoms with Crippen molar-refractivity contribution in [1.82, 2.24) is 15.2 Å². The van der Waals surface area contributed by atoms with Gasteiger partial charge in [-0.1, -0.05) is 30.3 Å². The SMILES string of the molecule is O=C1OCCCN1c1ccc(OCCN2CCC(N[C@@H]3C[C@H]3c3ccccc3)CC2)cn1. The van der Waals surface area contributed by atoms with Crippen LogP contribution in [0.2, 0.25) is 0 Å². The lowest BCUT2D eigenvalue weighted by Crippen LogP contribution is -2.44. The number of carbonyl (C=O) groups excluding carboxylic acids is 1. The minimum absolute atomic E-state index is 0.326. The first kappa shape index (κ1) is 21.2. The summed E-state index contributed by atoms with van der Waals surface area (Å²) in [4.78, 5) is 20.2. The molecule has 2 aromatic rings. The highest BCUT2D eigenvalue weighted by atomic mass is 16.6. The van der Waals surface area contributed by atoms with Crippen molar-refractivity contribution in [2.24, 2.45) is 0 Å². The number of hydrogen-bond donors (Lipinski definition) is 1. The standard InChI is InChI=1S/C25H32N4O3/c30-25-29(11-4-15-32-25)24-8-7-21(18-26-24)31-16-14-28-12-9-20(10-13-28)27-23-17-22(23)19-5-2-1-3-6-19/h1-3,5-8,18,20,22-23,27H,4,9-17H2/t22-,23+/m0/s1. The predicted octanol–water partition coefficient (Wildman–Crippen LogP) is 3.42. The van der Waals surface area contributed by atoms with Crippen LogP contribution in [0.5, 0.6) is 5.75 Å². The fraction of sp³-hybridized carbons (Fsp3) is 0.520. The van der Waals surface area contributed by atoms with Crippen molar-refractivity contribution in [1.29, 1.82) is 0 Å². The van der Waals surface area contributed by atoms with Gasteiger partial charge in [0.2, 0.25) is 0 Å². The lowest BCUT2D eigenvalue weighted by atomic mass is 10.0. The van der Waals surface area contributed by atoms with E-state index in [0.717, 1.165) is 31.8 Å². The number of cyclic esters (lactones) is 1. The Morgan fingerprint density at radius 3 is 2.69 bits per heavy atom. The van der Waals surface area contributed by atoms with Crippen LogP contribution in [0.15, 0.2) is 48.7 Å². The monoisotopic (exact) mass is 436 g/mol. The van der Waals surface area contributed by atoms with Crippen LogP contribution in [0.25, 0.3) is 0 Å². The number of hydrogen-bond acceptors (Lipinski definition) is 6. The Bertz CT molecular complexity index is 884. The summed E-state index contributed by atoms with van der Waals surface area (Å²) in [5, 5.41) is 3.88. The molecule has 1 aromatic heterocycles. The average molecular weight is 437 g/mol. The molecule has 0 spiro atoms. The first-order valence-electron chi connectivity index (χ1n) is 11.8. The number of ether oxygens (including phenoxy) is 2. The largest absolute Gasteiger partial charge is 0.491 e. The number of nitrogens with zero attached hydrogens (tertiary/aromatic N) is 3. The Labute approximate surface area is 189 Å². The van der Waals surface area contributed by atoms with Gasteiger partial charge in [-0.15, -0.1) is 0 Å². The van der Waals surface area contributed by atoms with Crippen LogP contribution in [-0.4, -0.2) is 67.5 Å². The molecule has 1 saturated carbocycles. The molecule has 170 valence electrons. The molecule has 32 heavy (non-hydrogen) atoms. The van der Waals surface area contributed by atoms with Gasteiger partial charge in [0.05, 0.1) is 12.8 Å². The highest BCUT2D eigenvalue weighted by Gasteiger charge is 2.39. The van der Waals surface area contributed by atoms with Crippen molar-refractivity contribution in [3.8, 4) is 5.75 Å². The summed E-state index contributed by atoms with van der Waals surface area (Å²) >= 11 is 0. The van der Waals surface area contributed by atoms with Gasteiger partial charge >= 0.3 is 6.09 Å². The molecule has 0 radical (unpaired) electrons. The second-order valence-electron chi connectivity index (χ2n) is 8.96. The fourth-order valence-electron chi connectivity index (χ4n) is 4.74. The summed E-state index contributed by atoms with van der Waals surface area (Å²) in [6.45, 7) is 4.91. The van der Waals surface area contributed by atoms with E-state index in [4.69, 9.17) is 9.47 Å². The van der Waals surface area contributed by atoms with E-state index in [1.54, 1.807) is 11.1 Å². The van der Waals surface area contributed by atoms with Crippen molar-refractivity contribution >= 4 is 11.9 Å². The van der Waals surface area contributed by atoms with E-state index in [0.29, 0.717) is 43.6 Å². The summed E-state index contributed by atoms with van der Waals surface area (Å²) in [6.07, 6.45) is 5.84. The number of likely N-dealkylation sites (tertiary alicyclic amines) is 1. The van der Waals surface area contributed by atoms with E-state index in [-0.39, 0.29) is 6.09 Å². The number of amides is 1. The molecule has 7 nitrogen and oxygen atoms in total. The molecule has 1 amide bonds. The number of anilines is 1. The molecule has 3 heterocycles. The van der Waals surface area contributed by atoms with Crippen LogP contribution in [0.3, 0.4) is 0 Å². The van der Waals surface area contributed by atoms with Crippen molar-refractivity contribution in [3.63, 3.8) is 0 Å². The van der Waals surface area contributed by atoms with E-state index in [1.165, 1.54) is 24.8 Å². The van der Waals surface area contributed by atoms with E-state index in [2.05, 4.69) is 45.5 Å². The van der Waals surface area contributed by atoms with Crippen molar-refractivity contribution < 1.29 is 14.3 Å². The smallest absolute Gasteiger partial charge is 0.415 e. The molecule has 3 fully saturated rings. The van der Waals surface area contributed by atoms with E-state index in [1.807, 2.05) is 12.1 Å². The van der Waals surface area contributed by atoms with Crippen molar-refractivity contribution in [3.05, 3.63) is 54.2 Å². The highest BCUT2D eigenvalue weighted by molar-refractivity contribution is 5.86. The van der Waals surface area contributed by atoms with E-state index < -0.39 is 0 Å². The Morgan fingerprint density at radius 1 is 1.09 bits per heavy atom. The second-order valence-corrected chi connectivity index (χ2v) is 8.96. The number of aromatic nitrogens is 1. The molecule has 2 atom stereocenters. The maximum Gasteiger partial charge on any atom is 0.415 e. The van der Waals surface area contributed by atoms with Gasteiger partial charge in [-0.3, -0.25) is 9.80 Å². The Hall–Kier alpha value is -2.64. The first-order valence-corrected chi connectivity index (χ1v) is 11.8. The number of rotatable bonds is 8. The van der Waals surface area contributed by atoms with Gasteiger partial charge in [-0.2, -0.15) is 0 Å². The fourth-order valence-corrected chi connectivity index (χ4v) is 4.74. The second kappa shape index (κ2) is 9.88. The van der Waals surface area contributed by atoms with Gasteiger partial charge in [-0.25, -0.2) is 9.78 Å². The number of benzene rings is 1. The first-order chi connectivity index (χ1) is 15.8. The normalized spacial score (nSPS) is 24.2. The third kappa shape index (κ3) is 5.22. The zero-order valence-corrected chi connectivity index (χ0v) is 18.5. The topological polar surface area (TPSA) is 66.9 Å². The van der Waals surface area contributed by atoms with Gasteiger partial charge in [0.25, 0.3) is 0 Å². The zero-order chi connectivity index (χ0) is 21.8. The summed E-state index contributed by atoms with van der Waals surface area (Å²) in [5.74, 6) is 2.04. The van der Waals surface area contributed by atoms with Gasteiger partial charge in [0.15, 0.2) is 0 Å². The highest BCUT2D eigenvalue weighted by Crippen LogP contribution is 2.41. The molecule has 3 aliphatic rings. The van der Waals surface area contributed by atoms with E-state index in [9.17, 15) is 4.79 Å². The van der Waals surface area contributed by atoms with Crippen LogP contribution in [0, 0.1) is 0 Å². The lowest BCUT2D eigenvalue weighted by Gasteiger charge is -2.32. The average Bonchev–Trinajstić information content (AvgIpc) is 3.61. The van der Waals surface area contributed by atoms with Crippen molar-refractivity contribution in [2.45, 2.75) is 43.7 Å². The molecule has 1 N–H and O–H groups in total. The summed E-state index contributed by atoms with van der Waals surface area (Å²) in [5.41, 5.74) is 1.47. The number of nitrogens with one attached hydrogen (secondary N) is 1. The Morgan fingerprint density at radius 2 is 1.94 bits per heavy atom. The van der Waals surface area contributed by atoms with Crippen LogP contribution in [0.4, 0.5) is 10.6 Å². The third-order valence-electron chi connectivity index (χ3n) is 6.70. The molecule has 0 bridgehead atoms. The predicted molar refractivity (Wildman–Crippen MR) is 123 cm³/mol. The number of pyridine rings is 1. The lowest BCUT2D eigenvalue weighted by molar-refractivity contribution is 0.140. The van der Waals surface area contributed by atoms with Gasteiger partial charge in [0, 0.05) is 31.1 Å². The quantitative estimate of drug-likeness (QED) is 0.684.